The van der Waals surface area contributed by atoms with Crippen LogP contribution in [0.15, 0.2) is 35.7 Å². The number of amides is 1. The molecule has 2 aromatic rings. The summed E-state index contributed by atoms with van der Waals surface area (Å²) in [7, 11) is 0. The first-order valence-corrected chi connectivity index (χ1v) is 8.08. The van der Waals surface area contributed by atoms with Gasteiger partial charge in [-0.3, -0.25) is 4.79 Å². The minimum atomic E-state index is -0.566. The van der Waals surface area contributed by atoms with Crippen LogP contribution in [-0.4, -0.2) is 25.3 Å². The zero-order chi connectivity index (χ0) is 16.9. The Labute approximate surface area is 142 Å². The van der Waals surface area contributed by atoms with E-state index in [4.69, 9.17) is 14.2 Å². The molecule has 1 aliphatic heterocycles. The van der Waals surface area contributed by atoms with Crippen molar-refractivity contribution in [2.24, 2.45) is 0 Å². The van der Waals surface area contributed by atoms with Crippen LogP contribution >= 0.6 is 11.3 Å². The number of esters is 1. The SMILES string of the molecule is Cc1ccsc1/C=C/C(=O)OCC(=O)Nc1ccc2c(c1)OCO2. The number of anilines is 1. The Balaban J connectivity index is 1.48. The number of benzene rings is 1. The van der Waals surface area contributed by atoms with E-state index in [-0.39, 0.29) is 13.4 Å². The third-order valence-electron chi connectivity index (χ3n) is 3.27. The van der Waals surface area contributed by atoms with Crippen LogP contribution in [0.5, 0.6) is 11.5 Å². The molecule has 1 aromatic carbocycles. The minimum absolute atomic E-state index is 0.167. The topological polar surface area (TPSA) is 73.9 Å². The Morgan fingerprint density at radius 2 is 2.12 bits per heavy atom. The molecule has 0 unspecified atom stereocenters. The van der Waals surface area contributed by atoms with E-state index >= 15 is 0 Å². The Hall–Kier alpha value is -2.80. The molecule has 124 valence electrons. The second-order valence-corrected chi connectivity index (χ2v) is 5.97. The highest BCUT2D eigenvalue weighted by Gasteiger charge is 2.14. The molecule has 1 aliphatic rings. The van der Waals surface area contributed by atoms with Crippen molar-refractivity contribution in [1.29, 1.82) is 0 Å². The summed E-state index contributed by atoms with van der Waals surface area (Å²) in [4.78, 5) is 24.4. The fraction of sp³-hybridized carbons (Fsp3) is 0.176. The van der Waals surface area contributed by atoms with Crippen molar-refractivity contribution >= 4 is 35.0 Å². The number of fused-ring (bicyclic) bond motifs is 1. The average Bonchev–Trinajstić information content (AvgIpc) is 3.19. The maximum atomic E-state index is 11.8. The number of thiophene rings is 1. The van der Waals surface area contributed by atoms with E-state index in [9.17, 15) is 9.59 Å². The molecule has 6 nitrogen and oxygen atoms in total. The fourth-order valence-electron chi connectivity index (χ4n) is 2.06. The van der Waals surface area contributed by atoms with Gasteiger partial charge in [0.2, 0.25) is 6.79 Å². The molecule has 1 N–H and O–H groups in total. The lowest BCUT2D eigenvalue weighted by Gasteiger charge is -2.06. The van der Waals surface area contributed by atoms with Gasteiger partial charge in [0.15, 0.2) is 18.1 Å². The number of hydrogen-bond acceptors (Lipinski definition) is 6. The van der Waals surface area contributed by atoms with Gasteiger partial charge in [0.25, 0.3) is 5.91 Å². The smallest absolute Gasteiger partial charge is 0.331 e. The average molecular weight is 345 g/mol. The largest absolute Gasteiger partial charge is 0.454 e. The number of carbonyl (C=O) groups is 2. The Kier molecular flexibility index (Phi) is 4.81. The Morgan fingerprint density at radius 3 is 2.92 bits per heavy atom. The first kappa shape index (κ1) is 16.1. The van der Waals surface area contributed by atoms with Gasteiger partial charge in [-0.25, -0.2) is 4.79 Å². The lowest BCUT2D eigenvalue weighted by atomic mass is 10.3. The van der Waals surface area contributed by atoms with Crippen molar-refractivity contribution < 1.29 is 23.8 Å². The third-order valence-corrected chi connectivity index (χ3v) is 4.26. The normalized spacial score (nSPS) is 12.4. The summed E-state index contributed by atoms with van der Waals surface area (Å²) >= 11 is 1.53. The van der Waals surface area contributed by atoms with Crippen LogP contribution in [0, 0.1) is 6.92 Å². The molecular weight excluding hydrogens is 330 g/mol. The molecule has 0 saturated carbocycles. The third kappa shape index (κ3) is 3.94. The van der Waals surface area contributed by atoms with Gasteiger partial charge in [0.05, 0.1) is 0 Å². The van der Waals surface area contributed by atoms with E-state index in [1.54, 1.807) is 24.3 Å². The van der Waals surface area contributed by atoms with Crippen LogP contribution in [-0.2, 0) is 14.3 Å². The van der Waals surface area contributed by atoms with Crippen molar-refractivity contribution in [3.63, 3.8) is 0 Å². The van der Waals surface area contributed by atoms with E-state index < -0.39 is 11.9 Å². The summed E-state index contributed by atoms with van der Waals surface area (Å²) in [5, 5.41) is 4.58. The van der Waals surface area contributed by atoms with Crippen LogP contribution in [0.25, 0.3) is 6.08 Å². The molecular formula is C17H15NO5S. The maximum Gasteiger partial charge on any atom is 0.331 e. The second kappa shape index (κ2) is 7.18. The van der Waals surface area contributed by atoms with Gasteiger partial charge < -0.3 is 19.5 Å². The number of aryl methyl sites for hydroxylation is 1. The van der Waals surface area contributed by atoms with Crippen molar-refractivity contribution in [3.8, 4) is 11.5 Å². The number of nitrogens with one attached hydrogen (secondary N) is 1. The van der Waals surface area contributed by atoms with Crippen molar-refractivity contribution in [2.75, 3.05) is 18.7 Å². The van der Waals surface area contributed by atoms with Crippen LogP contribution in [0.3, 0.4) is 0 Å². The Bertz CT molecular complexity index is 796. The quantitative estimate of drug-likeness (QED) is 0.666. The molecule has 24 heavy (non-hydrogen) atoms. The predicted octanol–water partition coefficient (Wildman–Crippen LogP) is 2.98. The monoisotopic (exact) mass is 345 g/mol. The van der Waals surface area contributed by atoms with Gasteiger partial charge in [0.1, 0.15) is 0 Å². The highest BCUT2D eigenvalue weighted by Crippen LogP contribution is 2.34. The second-order valence-electron chi connectivity index (χ2n) is 5.03. The molecule has 0 fully saturated rings. The Morgan fingerprint density at radius 1 is 1.29 bits per heavy atom. The lowest BCUT2D eigenvalue weighted by Crippen LogP contribution is -2.20. The van der Waals surface area contributed by atoms with Gasteiger partial charge in [-0.15, -0.1) is 11.3 Å². The van der Waals surface area contributed by atoms with Gasteiger partial charge in [-0.1, -0.05) is 0 Å². The molecule has 0 aliphatic carbocycles. The number of hydrogen-bond donors (Lipinski definition) is 1. The standard InChI is InChI=1S/C17H15NO5S/c1-11-6-7-24-15(11)4-5-17(20)21-9-16(19)18-12-2-3-13-14(8-12)23-10-22-13/h2-8H,9-10H2,1H3,(H,18,19)/b5-4+. The summed E-state index contributed by atoms with van der Waals surface area (Å²) in [5.41, 5.74) is 1.63. The number of rotatable bonds is 5. The molecule has 7 heteroatoms. The van der Waals surface area contributed by atoms with Crippen molar-refractivity contribution in [1.82, 2.24) is 0 Å². The maximum absolute atomic E-state index is 11.8. The van der Waals surface area contributed by atoms with Gasteiger partial charge in [-0.2, -0.15) is 0 Å². The van der Waals surface area contributed by atoms with E-state index in [2.05, 4.69) is 5.32 Å². The van der Waals surface area contributed by atoms with E-state index in [0.29, 0.717) is 17.2 Å². The molecule has 0 atom stereocenters. The van der Waals surface area contributed by atoms with Crippen LogP contribution < -0.4 is 14.8 Å². The van der Waals surface area contributed by atoms with E-state index in [0.717, 1.165) is 10.4 Å². The van der Waals surface area contributed by atoms with Crippen LogP contribution in [0.2, 0.25) is 0 Å². The van der Waals surface area contributed by atoms with Crippen molar-refractivity contribution in [3.05, 3.63) is 46.2 Å². The summed E-state index contributed by atoms with van der Waals surface area (Å²) in [6.45, 7) is 1.77. The van der Waals surface area contributed by atoms with Gasteiger partial charge in [0, 0.05) is 22.7 Å². The number of ether oxygens (including phenoxy) is 3. The first-order valence-electron chi connectivity index (χ1n) is 7.20. The number of carbonyl (C=O) groups excluding carboxylic acids is 2. The van der Waals surface area contributed by atoms with E-state index in [1.165, 1.54) is 17.4 Å². The molecule has 0 saturated heterocycles. The fourth-order valence-corrected chi connectivity index (χ4v) is 2.87. The summed E-state index contributed by atoms with van der Waals surface area (Å²) in [5.74, 6) is 0.207. The zero-order valence-electron chi connectivity index (χ0n) is 12.9. The van der Waals surface area contributed by atoms with Crippen molar-refractivity contribution in [2.45, 2.75) is 6.92 Å². The predicted molar refractivity (Wildman–Crippen MR) is 90.2 cm³/mol. The molecule has 1 aromatic heterocycles. The zero-order valence-corrected chi connectivity index (χ0v) is 13.7. The molecule has 0 spiro atoms. The molecule has 3 rings (SSSR count). The van der Waals surface area contributed by atoms with E-state index in [1.807, 2.05) is 18.4 Å². The summed E-state index contributed by atoms with van der Waals surface area (Å²) in [6.07, 6.45) is 2.99. The summed E-state index contributed by atoms with van der Waals surface area (Å²) in [6, 6.07) is 7.01. The van der Waals surface area contributed by atoms with Gasteiger partial charge >= 0.3 is 5.97 Å². The van der Waals surface area contributed by atoms with Crippen LogP contribution in [0.1, 0.15) is 10.4 Å². The highest BCUT2D eigenvalue weighted by atomic mass is 32.1. The molecule has 0 radical (unpaired) electrons. The lowest BCUT2D eigenvalue weighted by molar-refractivity contribution is -0.142. The molecule has 0 bridgehead atoms. The van der Waals surface area contributed by atoms with Gasteiger partial charge in [-0.05, 0) is 42.1 Å². The summed E-state index contributed by atoms with van der Waals surface area (Å²) < 4.78 is 15.3. The minimum Gasteiger partial charge on any atom is -0.454 e. The molecule has 2 heterocycles. The highest BCUT2D eigenvalue weighted by molar-refractivity contribution is 7.11. The van der Waals surface area contributed by atoms with Crippen LogP contribution in [0.4, 0.5) is 5.69 Å². The molecule has 1 amide bonds. The first-order chi connectivity index (χ1) is 11.6.